The molecule has 172 valence electrons. The summed E-state index contributed by atoms with van der Waals surface area (Å²) in [5.41, 5.74) is 4.01. The van der Waals surface area contributed by atoms with Crippen molar-refractivity contribution in [2.75, 3.05) is 0 Å². The second-order valence-corrected chi connectivity index (χ2v) is 9.34. The zero-order chi connectivity index (χ0) is 22.9. The zero-order valence-electron chi connectivity index (χ0n) is 19.1. The van der Waals surface area contributed by atoms with Gasteiger partial charge in [-0.3, -0.25) is 9.59 Å². The molecule has 2 aliphatic carbocycles. The van der Waals surface area contributed by atoms with Crippen LogP contribution in [0.25, 0.3) is 0 Å². The summed E-state index contributed by atoms with van der Waals surface area (Å²) in [5, 5.41) is 19.1. The van der Waals surface area contributed by atoms with Gasteiger partial charge in [0.1, 0.15) is 0 Å². The number of aliphatic carboxylic acids is 1. The van der Waals surface area contributed by atoms with E-state index in [4.69, 9.17) is 5.11 Å². The average Bonchev–Trinajstić information content (AvgIpc) is 3.28. The summed E-state index contributed by atoms with van der Waals surface area (Å²) in [6, 6.07) is 8.69. The Hall–Kier alpha value is -2.46. The standard InChI is InChI=1S/C28H36O4/c1-20-17-27(30)26(13-4-2-3-5-14-28(31)32)25(20)16-15-24(29)12-8-9-21-18-22-10-6-7-11-23(22)19-21/h2,4,6-7,10-11,15-17,21,24-26,29H,3,5,8-9,12-14,18-19H2,1H3,(H,31,32)/b4-2-,16-15+/t24-,25-,26+/m0/s1. The Bertz CT molecular complexity index is 854. The molecule has 32 heavy (non-hydrogen) atoms. The van der Waals surface area contributed by atoms with E-state index in [2.05, 4.69) is 24.3 Å². The third-order valence-corrected chi connectivity index (χ3v) is 6.80. The molecule has 0 aromatic heterocycles. The Labute approximate surface area is 191 Å². The molecule has 0 spiro atoms. The second-order valence-electron chi connectivity index (χ2n) is 9.34. The van der Waals surface area contributed by atoms with Gasteiger partial charge < -0.3 is 10.2 Å². The summed E-state index contributed by atoms with van der Waals surface area (Å²) in [6.07, 6.45) is 16.4. The lowest BCUT2D eigenvalue weighted by molar-refractivity contribution is -0.137. The van der Waals surface area contributed by atoms with E-state index >= 15 is 0 Å². The molecule has 4 heteroatoms. The molecule has 0 radical (unpaired) electrons. The van der Waals surface area contributed by atoms with Crippen molar-refractivity contribution >= 4 is 11.8 Å². The van der Waals surface area contributed by atoms with Gasteiger partial charge in [0.05, 0.1) is 6.10 Å². The normalized spacial score (nSPS) is 22.1. The highest BCUT2D eigenvalue weighted by Gasteiger charge is 2.31. The molecule has 0 bridgehead atoms. The van der Waals surface area contributed by atoms with Gasteiger partial charge >= 0.3 is 5.97 Å². The van der Waals surface area contributed by atoms with Crippen LogP contribution in [0.1, 0.15) is 63.0 Å². The second kappa shape index (κ2) is 12.0. The van der Waals surface area contributed by atoms with Crippen LogP contribution in [0.15, 0.2) is 60.2 Å². The van der Waals surface area contributed by atoms with Crippen LogP contribution in [0.5, 0.6) is 0 Å². The molecule has 0 fully saturated rings. The fourth-order valence-electron chi connectivity index (χ4n) is 5.02. The van der Waals surface area contributed by atoms with Gasteiger partial charge in [-0.2, -0.15) is 0 Å². The zero-order valence-corrected chi connectivity index (χ0v) is 19.1. The van der Waals surface area contributed by atoms with Gasteiger partial charge in [0.15, 0.2) is 5.78 Å². The molecule has 3 atom stereocenters. The molecule has 3 rings (SSSR count). The number of unbranched alkanes of at least 4 members (excludes halogenated alkanes) is 1. The maximum atomic E-state index is 12.4. The van der Waals surface area contributed by atoms with Crippen LogP contribution in [0.3, 0.4) is 0 Å². The van der Waals surface area contributed by atoms with Crippen LogP contribution in [-0.2, 0) is 22.4 Å². The van der Waals surface area contributed by atoms with Gasteiger partial charge in [0.2, 0.25) is 0 Å². The highest BCUT2D eigenvalue weighted by atomic mass is 16.4. The van der Waals surface area contributed by atoms with Gasteiger partial charge in [-0.05, 0) is 75.0 Å². The minimum atomic E-state index is -0.777. The Morgan fingerprint density at radius 3 is 2.56 bits per heavy atom. The van der Waals surface area contributed by atoms with E-state index in [0.29, 0.717) is 25.2 Å². The van der Waals surface area contributed by atoms with E-state index in [-0.39, 0.29) is 24.0 Å². The number of carboxylic acids is 1. The first kappa shape index (κ1) is 24.2. The summed E-state index contributed by atoms with van der Waals surface area (Å²) in [7, 11) is 0. The fraction of sp³-hybridized carbons (Fsp3) is 0.500. The van der Waals surface area contributed by atoms with Gasteiger partial charge in [-0.1, -0.05) is 60.6 Å². The van der Waals surface area contributed by atoms with Crippen LogP contribution in [0.4, 0.5) is 0 Å². The maximum Gasteiger partial charge on any atom is 0.303 e. The van der Waals surface area contributed by atoms with Crippen molar-refractivity contribution in [3.8, 4) is 0 Å². The van der Waals surface area contributed by atoms with E-state index in [9.17, 15) is 14.7 Å². The number of hydrogen-bond donors (Lipinski definition) is 2. The molecule has 0 saturated heterocycles. The number of aliphatic hydroxyl groups is 1. The van der Waals surface area contributed by atoms with Crippen LogP contribution < -0.4 is 0 Å². The average molecular weight is 437 g/mol. The highest BCUT2D eigenvalue weighted by molar-refractivity contribution is 5.96. The topological polar surface area (TPSA) is 74.6 Å². The van der Waals surface area contributed by atoms with Crippen LogP contribution in [0, 0.1) is 17.8 Å². The van der Waals surface area contributed by atoms with Crippen LogP contribution >= 0.6 is 0 Å². The molecule has 0 aliphatic heterocycles. The maximum absolute atomic E-state index is 12.4. The van der Waals surface area contributed by atoms with Crippen LogP contribution in [0.2, 0.25) is 0 Å². The number of aliphatic hydroxyl groups excluding tert-OH is 1. The summed E-state index contributed by atoms with van der Waals surface area (Å²) >= 11 is 0. The monoisotopic (exact) mass is 436 g/mol. The van der Waals surface area contributed by atoms with Crippen molar-refractivity contribution in [1.29, 1.82) is 0 Å². The number of rotatable bonds is 12. The number of allylic oxidation sites excluding steroid dienone is 5. The van der Waals surface area contributed by atoms with Crippen molar-refractivity contribution in [2.24, 2.45) is 17.8 Å². The first-order valence-electron chi connectivity index (χ1n) is 12.0. The van der Waals surface area contributed by atoms with Gasteiger partial charge in [-0.25, -0.2) is 0 Å². The van der Waals surface area contributed by atoms with Crippen molar-refractivity contribution in [2.45, 2.75) is 70.8 Å². The number of benzene rings is 1. The number of ketones is 1. The summed E-state index contributed by atoms with van der Waals surface area (Å²) in [4.78, 5) is 22.9. The van der Waals surface area contributed by atoms with Crippen molar-refractivity contribution in [3.05, 3.63) is 71.3 Å². The summed E-state index contributed by atoms with van der Waals surface area (Å²) in [5.74, 6) is -0.0342. The lowest BCUT2D eigenvalue weighted by Gasteiger charge is -2.16. The predicted octanol–water partition coefficient (Wildman–Crippen LogP) is 5.45. The van der Waals surface area contributed by atoms with Gasteiger partial charge in [0.25, 0.3) is 0 Å². The quantitative estimate of drug-likeness (QED) is 0.337. The number of carbonyl (C=O) groups is 2. The SMILES string of the molecule is CC1=CC(=O)[C@H](C/C=C\CCCC(=O)O)[C@H]1/C=C/[C@@H](O)CCCC1Cc2ccccc2C1. The van der Waals surface area contributed by atoms with E-state index in [1.54, 1.807) is 6.08 Å². The number of carbonyl (C=O) groups excluding carboxylic acids is 1. The van der Waals surface area contributed by atoms with Gasteiger partial charge in [-0.15, -0.1) is 0 Å². The molecule has 0 amide bonds. The predicted molar refractivity (Wildman–Crippen MR) is 127 cm³/mol. The minimum absolute atomic E-state index is 0.0325. The first-order valence-corrected chi connectivity index (χ1v) is 12.0. The molecule has 0 heterocycles. The molecular formula is C28H36O4. The number of hydrogen-bond acceptors (Lipinski definition) is 3. The third kappa shape index (κ3) is 7.03. The molecule has 0 saturated carbocycles. The van der Waals surface area contributed by atoms with Gasteiger partial charge in [0, 0.05) is 18.3 Å². The lowest BCUT2D eigenvalue weighted by Crippen LogP contribution is -2.15. The summed E-state index contributed by atoms with van der Waals surface area (Å²) in [6.45, 7) is 1.98. The van der Waals surface area contributed by atoms with Crippen LogP contribution in [-0.4, -0.2) is 28.1 Å². The van der Waals surface area contributed by atoms with Crippen molar-refractivity contribution in [1.82, 2.24) is 0 Å². The molecule has 2 aliphatic rings. The molecule has 4 nitrogen and oxygen atoms in total. The van der Waals surface area contributed by atoms with E-state index < -0.39 is 12.1 Å². The minimum Gasteiger partial charge on any atom is -0.481 e. The first-order chi connectivity index (χ1) is 15.4. The van der Waals surface area contributed by atoms with Crippen molar-refractivity contribution < 1.29 is 19.8 Å². The smallest absolute Gasteiger partial charge is 0.303 e. The Kier molecular flexibility index (Phi) is 9.04. The van der Waals surface area contributed by atoms with E-state index in [1.807, 2.05) is 31.2 Å². The number of carboxylic acid groups (broad SMARTS) is 1. The molecular weight excluding hydrogens is 400 g/mol. The molecule has 1 aromatic rings. The molecule has 0 unspecified atom stereocenters. The molecule has 2 N–H and O–H groups in total. The highest BCUT2D eigenvalue weighted by Crippen LogP contribution is 2.34. The number of fused-ring (bicyclic) bond motifs is 1. The van der Waals surface area contributed by atoms with E-state index in [1.165, 1.54) is 11.1 Å². The largest absolute Gasteiger partial charge is 0.481 e. The Morgan fingerprint density at radius 1 is 1.16 bits per heavy atom. The lowest BCUT2D eigenvalue weighted by atomic mass is 9.87. The Morgan fingerprint density at radius 2 is 1.88 bits per heavy atom. The van der Waals surface area contributed by atoms with E-state index in [0.717, 1.165) is 37.7 Å². The third-order valence-electron chi connectivity index (χ3n) is 6.80. The Balaban J connectivity index is 1.40. The summed E-state index contributed by atoms with van der Waals surface area (Å²) < 4.78 is 0. The fourth-order valence-corrected chi connectivity index (χ4v) is 5.02. The van der Waals surface area contributed by atoms with Crippen molar-refractivity contribution in [3.63, 3.8) is 0 Å². The molecule has 1 aromatic carbocycles.